The molecule has 14 heavy (non-hydrogen) atoms. The van der Waals surface area contributed by atoms with Gasteiger partial charge in [-0.3, -0.25) is 0 Å². The highest BCUT2D eigenvalue weighted by molar-refractivity contribution is 4.84. The average Bonchev–Trinajstić information content (AvgIpc) is 2.58. The molecule has 1 aromatic heterocycles. The molecule has 0 atom stereocenters. The summed E-state index contributed by atoms with van der Waals surface area (Å²) in [5.74, 6) is 1.000. The Kier molecular flexibility index (Phi) is 5.17. The van der Waals surface area contributed by atoms with Crippen LogP contribution in [0, 0.1) is 0 Å². The Hall–Kier alpha value is -0.940. The van der Waals surface area contributed by atoms with E-state index in [1.165, 1.54) is 0 Å². The van der Waals surface area contributed by atoms with Crippen molar-refractivity contribution in [2.24, 2.45) is 7.05 Å². The number of hydrogen-bond acceptors (Lipinski definition) is 4. The molecule has 0 bridgehead atoms. The van der Waals surface area contributed by atoms with Crippen LogP contribution in [-0.2, 0) is 13.5 Å². The maximum atomic E-state index is 8.56. The highest BCUT2D eigenvalue weighted by atomic mass is 16.2. The first-order valence-electron chi connectivity index (χ1n) is 4.99. The monoisotopic (exact) mass is 198 g/mol. The van der Waals surface area contributed by atoms with Gasteiger partial charge in [0.25, 0.3) is 0 Å². The van der Waals surface area contributed by atoms with E-state index in [0.29, 0.717) is 0 Å². The molecule has 0 fully saturated rings. The van der Waals surface area contributed by atoms with Gasteiger partial charge in [-0.2, -0.15) is 0 Å². The van der Waals surface area contributed by atoms with Crippen molar-refractivity contribution in [3.05, 3.63) is 12.2 Å². The molecule has 0 aliphatic carbocycles. The largest absolute Gasteiger partial charge is 0.396 e. The van der Waals surface area contributed by atoms with Crippen LogP contribution in [0.4, 0.5) is 0 Å². The van der Waals surface area contributed by atoms with Gasteiger partial charge in [0.15, 0.2) is 0 Å². The van der Waals surface area contributed by atoms with E-state index in [9.17, 15) is 0 Å². The van der Waals surface area contributed by atoms with Crippen LogP contribution in [0.3, 0.4) is 0 Å². The van der Waals surface area contributed by atoms with Crippen molar-refractivity contribution in [1.82, 2.24) is 20.1 Å². The van der Waals surface area contributed by atoms with Crippen molar-refractivity contribution in [2.75, 3.05) is 19.7 Å². The van der Waals surface area contributed by atoms with E-state index in [0.717, 1.165) is 38.2 Å². The van der Waals surface area contributed by atoms with Gasteiger partial charge < -0.3 is 15.0 Å². The Balaban J connectivity index is 2.02. The molecule has 2 N–H and O–H groups in total. The molecule has 1 heterocycles. The zero-order valence-electron chi connectivity index (χ0n) is 8.61. The number of aliphatic hydroxyl groups is 1. The van der Waals surface area contributed by atoms with E-state index >= 15 is 0 Å². The Bertz CT molecular complexity index is 249. The highest BCUT2D eigenvalue weighted by Crippen LogP contribution is 1.91. The molecule has 0 saturated carbocycles. The molecule has 0 spiro atoms. The zero-order chi connectivity index (χ0) is 10.2. The summed E-state index contributed by atoms with van der Waals surface area (Å²) < 4.78 is 1.93. The smallest absolute Gasteiger partial charge is 0.133 e. The summed E-state index contributed by atoms with van der Waals surface area (Å²) in [7, 11) is 1.95. The number of nitrogens with one attached hydrogen (secondary N) is 1. The molecule has 5 nitrogen and oxygen atoms in total. The van der Waals surface area contributed by atoms with Gasteiger partial charge in [0, 0.05) is 26.6 Å². The molecule has 80 valence electrons. The predicted molar refractivity (Wildman–Crippen MR) is 53.9 cm³/mol. The van der Waals surface area contributed by atoms with Crippen LogP contribution in [-0.4, -0.2) is 39.6 Å². The van der Waals surface area contributed by atoms with Crippen molar-refractivity contribution in [1.29, 1.82) is 0 Å². The van der Waals surface area contributed by atoms with Gasteiger partial charge in [-0.15, -0.1) is 10.2 Å². The molecule has 0 radical (unpaired) electrons. The van der Waals surface area contributed by atoms with E-state index in [4.69, 9.17) is 5.11 Å². The van der Waals surface area contributed by atoms with Crippen LogP contribution in [0.2, 0.25) is 0 Å². The van der Waals surface area contributed by atoms with Gasteiger partial charge >= 0.3 is 0 Å². The van der Waals surface area contributed by atoms with Crippen LogP contribution >= 0.6 is 0 Å². The molecule has 0 aliphatic heterocycles. The minimum atomic E-state index is 0.283. The van der Waals surface area contributed by atoms with E-state index in [1.54, 1.807) is 6.33 Å². The normalized spacial score (nSPS) is 10.7. The quantitative estimate of drug-likeness (QED) is 0.591. The summed E-state index contributed by atoms with van der Waals surface area (Å²) in [4.78, 5) is 0. The number of aryl methyl sites for hydroxylation is 1. The Morgan fingerprint density at radius 3 is 2.93 bits per heavy atom. The standard InChI is InChI=1S/C9H18N4O/c1-13-8-11-12-9(13)4-6-10-5-2-3-7-14/h8,10,14H,2-7H2,1H3. The van der Waals surface area contributed by atoms with E-state index in [2.05, 4.69) is 15.5 Å². The lowest BCUT2D eigenvalue weighted by atomic mass is 10.3. The van der Waals surface area contributed by atoms with Gasteiger partial charge in [-0.25, -0.2) is 0 Å². The third-order valence-corrected chi connectivity index (χ3v) is 2.09. The molecule has 0 aromatic carbocycles. The van der Waals surface area contributed by atoms with E-state index in [-0.39, 0.29) is 6.61 Å². The van der Waals surface area contributed by atoms with Crippen molar-refractivity contribution in [3.8, 4) is 0 Å². The second kappa shape index (κ2) is 6.50. The molecule has 0 aliphatic rings. The fraction of sp³-hybridized carbons (Fsp3) is 0.778. The summed E-state index contributed by atoms with van der Waals surface area (Å²) in [5.41, 5.74) is 0. The molecule has 0 amide bonds. The third kappa shape index (κ3) is 3.85. The van der Waals surface area contributed by atoms with Crippen LogP contribution < -0.4 is 5.32 Å². The fourth-order valence-electron chi connectivity index (χ4n) is 1.22. The van der Waals surface area contributed by atoms with Crippen molar-refractivity contribution >= 4 is 0 Å². The number of aliphatic hydroxyl groups excluding tert-OH is 1. The van der Waals surface area contributed by atoms with Crippen LogP contribution in [0.5, 0.6) is 0 Å². The molecule has 1 rings (SSSR count). The third-order valence-electron chi connectivity index (χ3n) is 2.09. The summed E-state index contributed by atoms with van der Waals surface area (Å²) >= 11 is 0. The first-order chi connectivity index (χ1) is 6.84. The summed E-state index contributed by atoms with van der Waals surface area (Å²) in [6.07, 6.45) is 4.50. The van der Waals surface area contributed by atoms with Gasteiger partial charge in [0.2, 0.25) is 0 Å². The minimum absolute atomic E-state index is 0.283. The summed E-state index contributed by atoms with van der Waals surface area (Å²) in [6, 6.07) is 0. The molecule has 5 heteroatoms. The number of unbranched alkanes of at least 4 members (excludes halogenated alkanes) is 1. The summed E-state index contributed by atoms with van der Waals surface area (Å²) in [6.45, 7) is 2.15. The topological polar surface area (TPSA) is 63.0 Å². The fourth-order valence-corrected chi connectivity index (χ4v) is 1.22. The zero-order valence-corrected chi connectivity index (χ0v) is 8.61. The summed E-state index contributed by atoms with van der Waals surface area (Å²) in [5, 5.41) is 19.6. The van der Waals surface area contributed by atoms with Gasteiger partial charge in [-0.05, 0) is 19.4 Å². The molecule has 0 saturated heterocycles. The molecular weight excluding hydrogens is 180 g/mol. The number of aromatic nitrogens is 3. The molecular formula is C9H18N4O. The van der Waals surface area contributed by atoms with Crippen molar-refractivity contribution in [3.63, 3.8) is 0 Å². The van der Waals surface area contributed by atoms with Gasteiger partial charge in [-0.1, -0.05) is 0 Å². The van der Waals surface area contributed by atoms with Crippen LogP contribution in [0.25, 0.3) is 0 Å². The molecule has 1 aromatic rings. The Labute approximate surface area is 84.2 Å². The lowest BCUT2D eigenvalue weighted by molar-refractivity contribution is 0.284. The van der Waals surface area contributed by atoms with Gasteiger partial charge in [0.05, 0.1) is 0 Å². The SMILES string of the molecule is Cn1cnnc1CCNCCCCO. The number of nitrogens with zero attached hydrogens (tertiary/aromatic N) is 3. The maximum absolute atomic E-state index is 8.56. The number of rotatable bonds is 7. The average molecular weight is 198 g/mol. The van der Waals surface area contributed by atoms with Gasteiger partial charge in [0.1, 0.15) is 12.2 Å². The Morgan fingerprint density at radius 1 is 1.43 bits per heavy atom. The second-order valence-corrected chi connectivity index (χ2v) is 3.29. The number of hydrogen-bond donors (Lipinski definition) is 2. The van der Waals surface area contributed by atoms with Crippen LogP contribution in [0.1, 0.15) is 18.7 Å². The van der Waals surface area contributed by atoms with Crippen LogP contribution in [0.15, 0.2) is 6.33 Å². The Morgan fingerprint density at radius 2 is 2.29 bits per heavy atom. The first kappa shape index (κ1) is 11.1. The van der Waals surface area contributed by atoms with Crippen molar-refractivity contribution < 1.29 is 5.11 Å². The first-order valence-corrected chi connectivity index (χ1v) is 4.99. The lowest BCUT2D eigenvalue weighted by Gasteiger charge is -2.03. The molecule has 0 unspecified atom stereocenters. The van der Waals surface area contributed by atoms with E-state index < -0.39 is 0 Å². The van der Waals surface area contributed by atoms with Crippen molar-refractivity contribution in [2.45, 2.75) is 19.3 Å². The van der Waals surface area contributed by atoms with E-state index in [1.807, 2.05) is 11.6 Å². The second-order valence-electron chi connectivity index (χ2n) is 3.29. The highest BCUT2D eigenvalue weighted by Gasteiger charge is 1.98. The lowest BCUT2D eigenvalue weighted by Crippen LogP contribution is -2.20. The maximum Gasteiger partial charge on any atom is 0.133 e. The minimum Gasteiger partial charge on any atom is -0.396 e. The predicted octanol–water partition coefficient (Wildman–Crippen LogP) is -0.280.